The second-order valence-corrected chi connectivity index (χ2v) is 11.5. The van der Waals surface area contributed by atoms with Crippen molar-refractivity contribution in [3.05, 3.63) is 0 Å². The number of nitrogens with one attached hydrogen (secondary N) is 1. The lowest BCUT2D eigenvalue weighted by atomic mass is 9.51. The van der Waals surface area contributed by atoms with Gasteiger partial charge in [-0.1, -0.05) is 27.7 Å². The third-order valence-electron chi connectivity index (χ3n) is 9.29. The van der Waals surface area contributed by atoms with Crippen LogP contribution in [-0.2, 0) is 9.59 Å². The molecular weight excluding hydrogens is 376 g/mol. The molecule has 2 amide bonds. The van der Waals surface area contributed by atoms with Crippen molar-refractivity contribution in [3.8, 4) is 0 Å². The number of hydrogen-bond acceptors (Lipinski definition) is 3. The van der Waals surface area contributed by atoms with E-state index in [1.54, 1.807) is 0 Å². The Bertz CT molecular complexity index is 655. The van der Waals surface area contributed by atoms with Crippen molar-refractivity contribution in [1.82, 2.24) is 10.2 Å². The highest BCUT2D eigenvalue weighted by atomic mass is 16.3. The average molecular weight is 419 g/mol. The van der Waals surface area contributed by atoms with Crippen LogP contribution in [0.4, 0.5) is 0 Å². The third-order valence-corrected chi connectivity index (χ3v) is 9.29. The van der Waals surface area contributed by atoms with Crippen molar-refractivity contribution in [3.63, 3.8) is 0 Å². The van der Waals surface area contributed by atoms with E-state index in [-0.39, 0.29) is 52.9 Å². The summed E-state index contributed by atoms with van der Waals surface area (Å²) in [5, 5.41) is 14.8. The van der Waals surface area contributed by atoms with Crippen LogP contribution in [0.5, 0.6) is 0 Å². The van der Waals surface area contributed by atoms with Gasteiger partial charge in [0.25, 0.3) is 0 Å². The Labute approximate surface area is 182 Å². The van der Waals surface area contributed by atoms with Crippen LogP contribution in [-0.4, -0.2) is 47.1 Å². The molecule has 0 radical (unpaired) electrons. The van der Waals surface area contributed by atoms with Crippen molar-refractivity contribution < 1.29 is 14.7 Å². The second-order valence-electron chi connectivity index (χ2n) is 11.5. The largest absolute Gasteiger partial charge is 0.392 e. The maximum absolute atomic E-state index is 13.2. The zero-order chi connectivity index (χ0) is 21.6. The Morgan fingerprint density at radius 3 is 2.30 bits per heavy atom. The van der Waals surface area contributed by atoms with Gasteiger partial charge < -0.3 is 15.3 Å². The molecule has 4 rings (SSSR count). The van der Waals surface area contributed by atoms with Gasteiger partial charge in [0.1, 0.15) is 0 Å². The van der Waals surface area contributed by atoms with E-state index in [2.05, 4.69) is 26.1 Å². The molecule has 5 nitrogen and oxygen atoms in total. The summed E-state index contributed by atoms with van der Waals surface area (Å²) in [6, 6.07) is 0.152. The molecule has 0 aromatic rings. The first-order valence-electron chi connectivity index (χ1n) is 12.5. The van der Waals surface area contributed by atoms with E-state index in [1.165, 1.54) is 0 Å². The molecule has 170 valence electrons. The lowest BCUT2D eigenvalue weighted by Crippen LogP contribution is -2.59. The van der Waals surface area contributed by atoms with Crippen LogP contribution in [0.15, 0.2) is 0 Å². The molecule has 7 atom stereocenters. The van der Waals surface area contributed by atoms with E-state index in [0.717, 1.165) is 64.5 Å². The summed E-state index contributed by atoms with van der Waals surface area (Å²) in [7, 11) is 0. The number of carbonyl (C=O) groups is 2. The van der Waals surface area contributed by atoms with Gasteiger partial charge in [0.05, 0.1) is 6.10 Å². The first-order valence-corrected chi connectivity index (χ1v) is 12.5. The fourth-order valence-electron chi connectivity index (χ4n) is 6.84. The zero-order valence-corrected chi connectivity index (χ0v) is 19.4. The van der Waals surface area contributed by atoms with Crippen LogP contribution in [0.25, 0.3) is 0 Å². The predicted molar refractivity (Wildman–Crippen MR) is 118 cm³/mol. The van der Waals surface area contributed by atoms with Gasteiger partial charge in [-0.15, -0.1) is 0 Å². The lowest BCUT2D eigenvalue weighted by Gasteiger charge is -2.56. The van der Waals surface area contributed by atoms with Crippen LogP contribution >= 0.6 is 0 Å². The highest BCUT2D eigenvalue weighted by Gasteiger charge is 2.54. The Hall–Kier alpha value is -1.10. The molecule has 3 aliphatic carbocycles. The molecule has 2 N–H and O–H groups in total. The molecule has 0 aromatic heterocycles. The van der Waals surface area contributed by atoms with Crippen LogP contribution in [0.1, 0.15) is 79.1 Å². The molecule has 0 aromatic carbocycles. The molecule has 4 aliphatic rings. The minimum atomic E-state index is -0.470. The van der Waals surface area contributed by atoms with Crippen molar-refractivity contribution in [2.75, 3.05) is 13.1 Å². The Balaban J connectivity index is 1.44. The lowest BCUT2D eigenvalue weighted by molar-refractivity contribution is -0.152. The van der Waals surface area contributed by atoms with Gasteiger partial charge in [-0.2, -0.15) is 0 Å². The van der Waals surface area contributed by atoms with E-state index < -0.39 is 6.10 Å². The number of hydrogen-bond donors (Lipinski definition) is 2. The van der Waals surface area contributed by atoms with Crippen LogP contribution < -0.4 is 5.32 Å². The predicted octanol–water partition coefficient (Wildman–Crippen LogP) is 3.60. The van der Waals surface area contributed by atoms with Crippen molar-refractivity contribution in [1.29, 1.82) is 0 Å². The van der Waals surface area contributed by atoms with Gasteiger partial charge in [-0.25, -0.2) is 0 Å². The molecule has 0 bridgehead atoms. The summed E-state index contributed by atoms with van der Waals surface area (Å²) in [4.78, 5) is 27.6. The number of fused-ring (bicyclic) bond motifs is 1. The molecule has 1 heterocycles. The Morgan fingerprint density at radius 2 is 1.67 bits per heavy atom. The highest BCUT2D eigenvalue weighted by Crippen LogP contribution is 2.55. The topological polar surface area (TPSA) is 69.6 Å². The fourth-order valence-corrected chi connectivity index (χ4v) is 6.84. The van der Waals surface area contributed by atoms with E-state index in [1.807, 2.05) is 11.8 Å². The average Bonchev–Trinajstić information content (AvgIpc) is 3.55. The summed E-state index contributed by atoms with van der Waals surface area (Å²) in [6.07, 6.45) is 7.80. The monoisotopic (exact) mass is 418 g/mol. The van der Waals surface area contributed by atoms with E-state index in [9.17, 15) is 14.7 Å². The summed E-state index contributed by atoms with van der Waals surface area (Å²) < 4.78 is 0. The minimum Gasteiger partial charge on any atom is -0.392 e. The van der Waals surface area contributed by atoms with Crippen LogP contribution in [0.3, 0.4) is 0 Å². The second kappa shape index (κ2) is 8.44. The number of aliphatic hydroxyl groups excluding tert-OH is 1. The number of nitrogens with zero attached hydrogens (tertiary/aromatic N) is 1. The standard InChI is InChI=1S/C25H42N2O3/c1-15-9-13-27(14-10-15)24(30)16(2)19-7-11-25(4)12-8-20(17(3)21(25)22(19)28)26-23(29)18-5-6-18/h15-22,28H,5-14H2,1-4H3,(H,26,29)/t16-,17+,19+,20-,21+,22-,25-/m0/s1. The van der Waals surface area contributed by atoms with Crippen LogP contribution in [0, 0.1) is 40.9 Å². The molecule has 0 spiro atoms. The van der Waals surface area contributed by atoms with Crippen molar-refractivity contribution >= 4 is 11.8 Å². The van der Waals surface area contributed by atoms with Gasteiger partial charge >= 0.3 is 0 Å². The number of likely N-dealkylation sites (tertiary alicyclic amines) is 1. The Morgan fingerprint density at radius 1 is 1.03 bits per heavy atom. The number of aliphatic hydroxyl groups is 1. The molecule has 1 saturated heterocycles. The van der Waals surface area contributed by atoms with Gasteiger partial charge in [0, 0.05) is 31.0 Å². The fraction of sp³-hybridized carbons (Fsp3) is 0.920. The molecule has 3 saturated carbocycles. The molecular formula is C25H42N2O3. The molecule has 1 aliphatic heterocycles. The summed E-state index contributed by atoms with van der Waals surface area (Å²) in [5.41, 5.74) is 0.111. The first-order chi connectivity index (χ1) is 14.2. The van der Waals surface area contributed by atoms with Gasteiger partial charge in [0.2, 0.25) is 11.8 Å². The van der Waals surface area contributed by atoms with Gasteiger partial charge in [-0.3, -0.25) is 9.59 Å². The number of rotatable bonds is 4. The van der Waals surface area contributed by atoms with E-state index >= 15 is 0 Å². The van der Waals surface area contributed by atoms with E-state index in [4.69, 9.17) is 0 Å². The molecule has 5 heteroatoms. The number of amides is 2. The van der Waals surface area contributed by atoms with Crippen molar-refractivity contribution in [2.45, 2.75) is 91.2 Å². The highest BCUT2D eigenvalue weighted by molar-refractivity contribution is 5.81. The van der Waals surface area contributed by atoms with Gasteiger partial charge in [-0.05, 0) is 80.5 Å². The molecule has 4 fully saturated rings. The normalized spacial score (nSPS) is 41.1. The van der Waals surface area contributed by atoms with Gasteiger partial charge in [0.15, 0.2) is 0 Å². The Kier molecular flexibility index (Phi) is 6.22. The first kappa shape index (κ1) is 22.1. The molecule has 30 heavy (non-hydrogen) atoms. The SMILES string of the molecule is CC1CCN(C(=O)[C@@H](C)[C@H]2CC[C@@]3(C)CC[C@H](NC(=O)C4CC4)[C@@H](C)[C@@H]3[C@H]2O)CC1. The number of carbonyl (C=O) groups excluding carboxylic acids is 2. The van der Waals surface area contributed by atoms with Crippen molar-refractivity contribution in [2.24, 2.45) is 40.9 Å². The minimum absolute atomic E-state index is 0.0234. The quantitative estimate of drug-likeness (QED) is 0.733. The number of piperidine rings is 1. The summed E-state index contributed by atoms with van der Waals surface area (Å²) >= 11 is 0. The summed E-state index contributed by atoms with van der Waals surface area (Å²) in [5.74, 6) is 1.64. The smallest absolute Gasteiger partial charge is 0.225 e. The third kappa shape index (κ3) is 4.16. The maximum Gasteiger partial charge on any atom is 0.225 e. The van der Waals surface area contributed by atoms with Crippen LogP contribution in [0.2, 0.25) is 0 Å². The zero-order valence-electron chi connectivity index (χ0n) is 19.4. The van der Waals surface area contributed by atoms with E-state index in [0.29, 0.717) is 5.92 Å². The molecule has 0 unspecified atom stereocenters. The maximum atomic E-state index is 13.2. The summed E-state index contributed by atoms with van der Waals surface area (Å²) in [6.45, 7) is 10.6.